The summed E-state index contributed by atoms with van der Waals surface area (Å²) in [5, 5.41) is 13.7. The van der Waals surface area contributed by atoms with Crippen molar-refractivity contribution in [2.45, 2.75) is 19.1 Å². The molecule has 1 rings (SSSR count). The van der Waals surface area contributed by atoms with Crippen LogP contribution in [0.2, 0.25) is 0 Å². The second-order valence-corrected chi connectivity index (χ2v) is 2.46. The van der Waals surface area contributed by atoms with Crippen molar-refractivity contribution in [3.8, 4) is 0 Å². The molecular weight excluding hydrogens is 203 g/mol. The minimum absolute atomic E-state index is 0.0115. The molecule has 1 heterocycles. The molecule has 0 spiro atoms. The Labute approximate surface area is 75.9 Å². The van der Waals surface area contributed by atoms with Crippen LogP contribution in [0, 0.1) is 0 Å². The third kappa shape index (κ3) is 2.41. The smallest absolute Gasteiger partial charge is 0.338 e. The van der Waals surface area contributed by atoms with Crippen LogP contribution in [0.1, 0.15) is 18.8 Å². The predicted octanol–water partition coefficient (Wildman–Crippen LogP) is -0.0608. The Kier molecular flexibility index (Phi) is 2.68. The number of nitrogens with one attached hydrogen (secondary N) is 2. The van der Waals surface area contributed by atoms with E-state index >= 15 is 0 Å². The van der Waals surface area contributed by atoms with Crippen LogP contribution in [0.3, 0.4) is 0 Å². The quantitative estimate of drug-likeness (QED) is 0.714. The number of hydrogen-bond acceptors (Lipinski definition) is 4. The number of rotatable bonds is 2. The first-order chi connectivity index (χ1) is 6.41. The van der Waals surface area contributed by atoms with Crippen LogP contribution in [0.25, 0.3) is 0 Å². The van der Waals surface area contributed by atoms with E-state index in [0.717, 1.165) is 0 Å². The molecule has 1 atom stereocenters. The van der Waals surface area contributed by atoms with Gasteiger partial charge in [-0.15, -0.1) is 10.2 Å². The second-order valence-electron chi connectivity index (χ2n) is 2.46. The van der Waals surface area contributed by atoms with Crippen molar-refractivity contribution in [1.29, 1.82) is 0 Å². The first-order valence-corrected chi connectivity index (χ1v) is 3.52. The number of amides is 1. The number of aromatic nitrogens is 4. The van der Waals surface area contributed by atoms with Crippen molar-refractivity contribution in [2.24, 2.45) is 0 Å². The molecule has 0 aliphatic carbocycles. The van der Waals surface area contributed by atoms with Crippen LogP contribution in [-0.2, 0) is 4.79 Å². The molecule has 0 radical (unpaired) electrons. The molecule has 0 saturated heterocycles. The van der Waals surface area contributed by atoms with E-state index in [2.05, 4.69) is 20.6 Å². The maximum absolute atomic E-state index is 11.8. The van der Waals surface area contributed by atoms with Crippen LogP contribution in [0.15, 0.2) is 0 Å². The van der Waals surface area contributed by atoms with Gasteiger partial charge in [-0.1, -0.05) is 5.21 Å². The monoisotopic (exact) mass is 209 g/mol. The normalized spacial score (nSPS) is 13.7. The van der Waals surface area contributed by atoms with Gasteiger partial charge in [0, 0.05) is 0 Å². The second kappa shape index (κ2) is 3.60. The van der Waals surface area contributed by atoms with Crippen LogP contribution in [0.4, 0.5) is 13.2 Å². The van der Waals surface area contributed by atoms with Gasteiger partial charge in [0.2, 0.25) is 0 Å². The van der Waals surface area contributed by atoms with Gasteiger partial charge in [0.1, 0.15) is 0 Å². The van der Waals surface area contributed by atoms with Crippen molar-refractivity contribution in [3.05, 3.63) is 5.82 Å². The molecule has 0 aromatic carbocycles. The highest BCUT2D eigenvalue weighted by atomic mass is 19.4. The molecule has 0 aliphatic rings. The highest BCUT2D eigenvalue weighted by Gasteiger charge is 2.39. The number of carbonyl (C=O) groups excluding carboxylic acids is 1. The Morgan fingerprint density at radius 3 is 2.64 bits per heavy atom. The summed E-state index contributed by atoms with van der Waals surface area (Å²) in [7, 11) is 0. The number of hydrogen-bond donors (Lipinski definition) is 2. The van der Waals surface area contributed by atoms with Crippen molar-refractivity contribution in [1.82, 2.24) is 25.9 Å². The summed E-state index contributed by atoms with van der Waals surface area (Å²) in [6, 6.07) is -0.942. The maximum atomic E-state index is 11.8. The topological polar surface area (TPSA) is 83.6 Å². The number of H-pyrrole nitrogens is 1. The summed E-state index contributed by atoms with van der Waals surface area (Å²) < 4.78 is 35.3. The van der Waals surface area contributed by atoms with E-state index in [1.807, 2.05) is 0 Å². The number of aromatic amines is 1. The lowest BCUT2D eigenvalue weighted by atomic mass is 10.3. The molecule has 0 aliphatic heterocycles. The first kappa shape index (κ1) is 10.4. The van der Waals surface area contributed by atoms with Crippen molar-refractivity contribution in [2.75, 3.05) is 0 Å². The zero-order valence-electron chi connectivity index (χ0n) is 6.96. The van der Waals surface area contributed by atoms with Gasteiger partial charge in [0.05, 0.1) is 6.04 Å². The van der Waals surface area contributed by atoms with Gasteiger partial charge in [-0.2, -0.15) is 18.4 Å². The maximum Gasteiger partial charge on any atom is 0.471 e. The Balaban J connectivity index is 2.58. The van der Waals surface area contributed by atoms with Gasteiger partial charge in [-0.3, -0.25) is 4.79 Å². The summed E-state index contributed by atoms with van der Waals surface area (Å²) in [5.41, 5.74) is 0. The van der Waals surface area contributed by atoms with Crippen LogP contribution in [-0.4, -0.2) is 32.7 Å². The molecule has 0 fully saturated rings. The third-order valence-corrected chi connectivity index (χ3v) is 1.35. The Morgan fingerprint density at radius 2 is 2.21 bits per heavy atom. The van der Waals surface area contributed by atoms with Gasteiger partial charge in [0.15, 0.2) is 5.82 Å². The summed E-state index contributed by atoms with van der Waals surface area (Å²) >= 11 is 0. The summed E-state index contributed by atoms with van der Waals surface area (Å²) in [5.74, 6) is -2.04. The van der Waals surface area contributed by atoms with Crippen LogP contribution in [0.5, 0.6) is 0 Å². The molecule has 9 heteroatoms. The lowest BCUT2D eigenvalue weighted by molar-refractivity contribution is -0.174. The van der Waals surface area contributed by atoms with E-state index in [0.29, 0.717) is 0 Å². The lowest BCUT2D eigenvalue weighted by Gasteiger charge is -2.11. The summed E-state index contributed by atoms with van der Waals surface area (Å²) in [4.78, 5) is 10.4. The van der Waals surface area contributed by atoms with Gasteiger partial charge in [0.25, 0.3) is 0 Å². The Bertz CT molecular complexity index is 308. The number of nitrogens with zero attached hydrogens (tertiary/aromatic N) is 3. The van der Waals surface area contributed by atoms with Crippen LogP contribution < -0.4 is 5.32 Å². The largest absolute Gasteiger partial charge is 0.471 e. The van der Waals surface area contributed by atoms with Crippen LogP contribution >= 0.6 is 0 Å². The molecule has 1 aromatic heterocycles. The van der Waals surface area contributed by atoms with Crippen molar-refractivity contribution in [3.63, 3.8) is 0 Å². The molecule has 78 valence electrons. The molecule has 0 saturated carbocycles. The lowest BCUT2D eigenvalue weighted by Crippen LogP contribution is -2.38. The van der Waals surface area contributed by atoms with E-state index < -0.39 is 18.1 Å². The van der Waals surface area contributed by atoms with Gasteiger partial charge in [-0.05, 0) is 6.92 Å². The van der Waals surface area contributed by atoms with Gasteiger partial charge >= 0.3 is 12.1 Å². The molecule has 1 aromatic rings. The fourth-order valence-electron chi connectivity index (χ4n) is 0.696. The van der Waals surface area contributed by atoms with E-state index in [1.165, 1.54) is 6.92 Å². The standard InChI is InChI=1S/C5H6F3N5O/c1-2(3-10-12-13-11-3)9-4(14)5(6,7)8/h2H,1H3,(H,9,14)(H,10,11,12,13). The number of tetrazole rings is 1. The SMILES string of the molecule is CC(NC(=O)C(F)(F)F)c1nn[nH]n1. The Morgan fingerprint density at radius 1 is 1.57 bits per heavy atom. The van der Waals surface area contributed by atoms with Gasteiger partial charge < -0.3 is 5.32 Å². The van der Waals surface area contributed by atoms with E-state index in [-0.39, 0.29) is 5.82 Å². The highest BCUT2D eigenvalue weighted by molar-refractivity contribution is 5.81. The minimum atomic E-state index is -4.90. The van der Waals surface area contributed by atoms with E-state index in [1.54, 1.807) is 5.32 Å². The number of halogens is 3. The molecule has 14 heavy (non-hydrogen) atoms. The molecule has 1 amide bonds. The average molecular weight is 209 g/mol. The molecule has 2 N–H and O–H groups in total. The van der Waals surface area contributed by atoms with Crippen molar-refractivity contribution >= 4 is 5.91 Å². The summed E-state index contributed by atoms with van der Waals surface area (Å²) in [6.07, 6.45) is -4.90. The number of alkyl halides is 3. The highest BCUT2D eigenvalue weighted by Crippen LogP contribution is 2.16. The predicted molar refractivity (Wildman–Crippen MR) is 36.8 cm³/mol. The number of carbonyl (C=O) groups is 1. The zero-order valence-corrected chi connectivity index (χ0v) is 6.96. The van der Waals surface area contributed by atoms with Gasteiger partial charge in [-0.25, -0.2) is 0 Å². The van der Waals surface area contributed by atoms with E-state index in [9.17, 15) is 18.0 Å². The van der Waals surface area contributed by atoms with Crippen molar-refractivity contribution < 1.29 is 18.0 Å². The summed E-state index contributed by atoms with van der Waals surface area (Å²) in [6.45, 7) is 1.31. The first-order valence-electron chi connectivity index (χ1n) is 3.52. The zero-order chi connectivity index (χ0) is 10.8. The molecule has 6 nitrogen and oxygen atoms in total. The minimum Gasteiger partial charge on any atom is -0.338 e. The molecule has 0 bridgehead atoms. The fourth-order valence-corrected chi connectivity index (χ4v) is 0.696. The average Bonchev–Trinajstić information content (AvgIpc) is 2.53. The fraction of sp³-hybridized carbons (Fsp3) is 0.600. The Hall–Kier alpha value is -1.67. The molecular formula is C5H6F3N5O. The van der Waals surface area contributed by atoms with E-state index in [4.69, 9.17) is 0 Å². The molecule has 1 unspecified atom stereocenters. The third-order valence-electron chi connectivity index (χ3n) is 1.35.